The summed E-state index contributed by atoms with van der Waals surface area (Å²) in [6, 6.07) is -0.630. The number of amides is 1. The first-order valence-corrected chi connectivity index (χ1v) is 36.6. The van der Waals surface area contributed by atoms with Gasteiger partial charge in [-0.1, -0.05) is 338 Å². The SMILES string of the molecule is CCCCCC/C=C\C/C=C\CCCCCCCCCC(=O)OCCCCCCCCCCC/C=C\C/C=C\CCCCCCCCCCCCCCCC(=O)NC(CO)C(O)/C=C/CCCCCCCCCCCCCCCCCC. The Morgan fingerprint density at radius 1 is 0.341 bits per heavy atom. The second-order valence-electron chi connectivity index (χ2n) is 24.9. The summed E-state index contributed by atoms with van der Waals surface area (Å²) in [5, 5.41) is 23.2. The quantitative estimate of drug-likeness (QED) is 0.0320. The van der Waals surface area contributed by atoms with Crippen LogP contribution in [0.5, 0.6) is 0 Å². The predicted molar refractivity (Wildman–Crippen MR) is 361 cm³/mol. The van der Waals surface area contributed by atoms with Crippen LogP contribution in [0.1, 0.15) is 386 Å². The Hall–Kier alpha value is -2.44. The average molecular weight is 1150 g/mol. The standard InChI is InChI=1S/C76H141NO5/c1-3-5-7-9-11-13-15-17-19-21-36-40-44-48-52-56-60-64-68-74(79)73(72-78)77-75(80)69-65-61-57-53-49-45-41-37-34-32-30-28-26-24-23-25-27-29-31-33-35-39-43-47-51-55-59-63-67-71-82-76(81)70-66-62-58-54-50-46-42-38-22-20-18-16-14-12-10-8-6-4-2/h14,16,20,22-23,25,29,31,64,68,73-74,78-79H,3-13,15,17-19,21,24,26-28,30,32-63,65-67,69-72H2,1-2H3,(H,77,80)/b16-14-,22-20-,25-23-,31-29-,68-64+. The van der Waals surface area contributed by atoms with E-state index >= 15 is 0 Å². The van der Waals surface area contributed by atoms with Gasteiger partial charge in [0.1, 0.15) is 0 Å². The number of carbonyl (C=O) groups is 2. The van der Waals surface area contributed by atoms with Gasteiger partial charge in [-0.3, -0.25) is 9.59 Å². The third-order valence-corrected chi connectivity index (χ3v) is 16.8. The van der Waals surface area contributed by atoms with Gasteiger partial charge in [0.2, 0.25) is 5.91 Å². The smallest absolute Gasteiger partial charge is 0.305 e. The van der Waals surface area contributed by atoms with Crippen molar-refractivity contribution in [3.8, 4) is 0 Å². The molecule has 0 saturated heterocycles. The Labute approximate surface area is 511 Å². The second kappa shape index (κ2) is 71.0. The molecule has 1 amide bonds. The molecule has 0 spiro atoms. The number of rotatable bonds is 68. The van der Waals surface area contributed by atoms with Gasteiger partial charge in [-0.25, -0.2) is 0 Å². The van der Waals surface area contributed by atoms with E-state index in [9.17, 15) is 19.8 Å². The minimum atomic E-state index is -0.847. The molecule has 0 saturated carbocycles. The minimum absolute atomic E-state index is 0.00433. The molecule has 6 heteroatoms. The second-order valence-corrected chi connectivity index (χ2v) is 24.9. The van der Waals surface area contributed by atoms with Crippen molar-refractivity contribution in [2.24, 2.45) is 0 Å². The molecule has 0 fully saturated rings. The Morgan fingerprint density at radius 3 is 0.939 bits per heavy atom. The zero-order valence-corrected chi connectivity index (χ0v) is 55.0. The molecular weight excluding hydrogens is 1010 g/mol. The van der Waals surface area contributed by atoms with Crippen LogP contribution in [0.25, 0.3) is 0 Å². The van der Waals surface area contributed by atoms with E-state index in [1.807, 2.05) is 6.08 Å². The fourth-order valence-electron chi connectivity index (χ4n) is 11.2. The van der Waals surface area contributed by atoms with E-state index in [2.05, 4.69) is 67.8 Å². The van der Waals surface area contributed by atoms with Gasteiger partial charge in [-0.15, -0.1) is 0 Å². The number of ether oxygens (including phenoxy) is 1. The normalized spacial score (nSPS) is 12.9. The van der Waals surface area contributed by atoms with Crippen LogP contribution in [-0.4, -0.2) is 47.4 Å². The van der Waals surface area contributed by atoms with E-state index < -0.39 is 12.1 Å². The lowest BCUT2D eigenvalue weighted by molar-refractivity contribution is -0.143. The summed E-state index contributed by atoms with van der Waals surface area (Å²) in [6.07, 6.45) is 94.5. The summed E-state index contributed by atoms with van der Waals surface area (Å²) < 4.78 is 5.50. The summed E-state index contributed by atoms with van der Waals surface area (Å²) >= 11 is 0. The molecule has 0 aromatic rings. The maximum absolute atomic E-state index is 12.5. The van der Waals surface area contributed by atoms with Crippen LogP contribution in [0.3, 0.4) is 0 Å². The number of esters is 1. The molecule has 0 radical (unpaired) electrons. The fraction of sp³-hybridized carbons (Fsp3) is 0.842. The highest BCUT2D eigenvalue weighted by Gasteiger charge is 2.18. The van der Waals surface area contributed by atoms with Crippen molar-refractivity contribution in [1.82, 2.24) is 5.32 Å². The summed E-state index contributed by atoms with van der Waals surface area (Å²) in [4.78, 5) is 24.6. The fourth-order valence-corrected chi connectivity index (χ4v) is 11.2. The summed E-state index contributed by atoms with van der Waals surface area (Å²) in [5.41, 5.74) is 0. The van der Waals surface area contributed by atoms with Gasteiger partial charge in [-0.2, -0.15) is 0 Å². The van der Waals surface area contributed by atoms with Gasteiger partial charge in [-0.05, 0) is 96.3 Å². The summed E-state index contributed by atoms with van der Waals surface area (Å²) in [6.45, 7) is 4.91. The Balaban J connectivity index is 3.43. The van der Waals surface area contributed by atoms with Gasteiger partial charge in [0.15, 0.2) is 0 Å². The van der Waals surface area contributed by atoms with Crippen molar-refractivity contribution in [2.75, 3.05) is 13.2 Å². The molecule has 82 heavy (non-hydrogen) atoms. The highest BCUT2D eigenvalue weighted by Crippen LogP contribution is 2.18. The maximum Gasteiger partial charge on any atom is 0.305 e. The summed E-state index contributed by atoms with van der Waals surface area (Å²) in [7, 11) is 0. The van der Waals surface area contributed by atoms with Crippen LogP contribution < -0.4 is 5.32 Å². The van der Waals surface area contributed by atoms with Crippen LogP contribution in [0, 0.1) is 0 Å². The first kappa shape index (κ1) is 79.6. The van der Waals surface area contributed by atoms with Crippen molar-refractivity contribution in [1.29, 1.82) is 0 Å². The first-order valence-electron chi connectivity index (χ1n) is 36.6. The van der Waals surface area contributed by atoms with Crippen molar-refractivity contribution in [2.45, 2.75) is 398 Å². The van der Waals surface area contributed by atoms with E-state index in [1.54, 1.807) is 6.08 Å². The van der Waals surface area contributed by atoms with Crippen LogP contribution in [0.2, 0.25) is 0 Å². The molecule has 0 heterocycles. The first-order chi connectivity index (χ1) is 40.5. The summed E-state index contributed by atoms with van der Waals surface area (Å²) in [5.74, 6) is -0.0624. The Morgan fingerprint density at radius 2 is 0.610 bits per heavy atom. The molecule has 2 atom stereocenters. The predicted octanol–water partition coefficient (Wildman–Crippen LogP) is 23.8. The van der Waals surface area contributed by atoms with Crippen LogP contribution in [0.15, 0.2) is 60.8 Å². The van der Waals surface area contributed by atoms with Crippen molar-refractivity contribution < 1.29 is 24.5 Å². The molecular formula is C76H141NO5. The van der Waals surface area contributed by atoms with Gasteiger partial charge in [0.05, 0.1) is 25.4 Å². The van der Waals surface area contributed by atoms with Crippen molar-refractivity contribution in [3.05, 3.63) is 60.8 Å². The van der Waals surface area contributed by atoms with Crippen LogP contribution in [0.4, 0.5) is 0 Å². The third-order valence-electron chi connectivity index (χ3n) is 16.8. The van der Waals surface area contributed by atoms with E-state index in [0.29, 0.717) is 19.4 Å². The zero-order chi connectivity index (χ0) is 59.2. The third kappa shape index (κ3) is 66.7. The number of unbranched alkanes of at least 4 members (excludes halogenated alkanes) is 49. The molecule has 0 rings (SSSR count). The highest BCUT2D eigenvalue weighted by atomic mass is 16.5. The molecule has 0 aromatic carbocycles. The lowest BCUT2D eigenvalue weighted by atomic mass is 10.0. The molecule has 6 nitrogen and oxygen atoms in total. The lowest BCUT2D eigenvalue weighted by Gasteiger charge is -2.20. The molecule has 0 aliphatic carbocycles. The van der Waals surface area contributed by atoms with Crippen molar-refractivity contribution in [3.63, 3.8) is 0 Å². The van der Waals surface area contributed by atoms with Gasteiger partial charge in [0.25, 0.3) is 0 Å². The molecule has 0 bridgehead atoms. The van der Waals surface area contributed by atoms with E-state index in [0.717, 1.165) is 57.8 Å². The molecule has 480 valence electrons. The number of allylic oxidation sites excluding steroid dienone is 9. The largest absolute Gasteiger partial charge is 0.466 e. The maximum atomic E-state index is 12.5. The van der Waals surface area contributed by atoms with Crippen LogP contribution in [-0.2, 0) is 14.3 Å². The van der Waals surface area contributed by atoms with Gasteiger partial charge >= 0.3 is 5.97 Å². The number of carbonyl (C=O) groups excluding carboxylic acids is 2. The molecule has 0 aliphatic rings. The Bertz CT molecular complexity index is 1420. The van der Waals surface area contributed by atoms with Crippen molar-refractivity contribution >= 4 is 11.9 Å². The van der Waals surface area contributed by atoms with Gasteiger partial charge in [0, 0.05) is 12.8 Å². The average Bonchev–Trinajstić information content (AvgIpc) is 3.48. The van der Waals surface area contributed by atoms with E-state index in [4.69, 9.17) is 4.74 Å². The number of aliphatic hydroxyl groups excluding tert-OH is 2. The minimum Gasteiger partial charge on any atom is -0.466 e. The highest BCUT2D eigenvalue weighted by molar-refractivity contribution is 5.76. The molecule has 3 N–H and O–H groups in total. The molecule has 0 aliphatic heterocycles. The topological polar surface area (TPSA) is 95.9 Å². The monoisotopic (exact) mass is 1150 g/mol. The molecule has 2 unspecified atom stereocenters. The van der Waals surface area contributed by atoms with E-state index in [-0.39, 0.29) is 18.5 Å². The van der Waals surface area contributed by atoms with Crippen LogP contribution >= 0.6 is 0 Å². The number of hydrogen-bond acceptors (Lipinski definition) is 5. The number of hydrogen-bond donors (Lipinski definition) is 3. The Kier molecular flexibility index (Phi) is 68.9. The lowest BCUT2D eigenvalue weighted by Crippen LogP contribution is -2.45. The molecule has 0 aromatic heterocycles. The van der Waals surface area contributed by atoms with E-state index in [1.165, 1.54) is 302 Å². The zero-order valence-electron chi connectivity index (χ0n) is 55.0. The van der Waals surface area contributed by atoms with Gasteiger partial charge < -0.3 is 20.3 Å². The number of nitrogens with one attached hydrogen (secondary N) is 1. The number of aliphatic hydroxyl groups is 2.